The number of rotatable bonds is 10. The maximum Gasteiger partial charge on any atom is 0.156 e. The number of nitrogens with one attached hydrogen (secondary N) is 2. The molecule has 2 aromatic heterocycles. The summed E-state index contributed by atoms with van der Waals surface area (Å²) in [4.78, 5) is 11.1. The predicted molar refractivity (Wildman–Crippen MR) is 149 cm³/mol. The lowest BCUT2D eigenvalue weighted by Gasteiger charge is -2.34. The van der Waals surface area contributed by atoms with E-state index in [1.54, 1.807) is 19.3 Å². The molecule has 1 saturated heterocycles. The standard InChI is InChI=1S/C29H35N7O2/c1-29(38,20-36-15-11-22(37)12-16-36)26-18-33-27(19-32-26)30-13-14-31-28-24-10-6-5-9-23(24)25(34-35-28)17-21-7-3-2-4-8-21/h2-10,18-19,22,37-38H,11-17,20H2,1H3,(H,30,33)(H,31,35). The lowest BCUT2D eigenvalue weighted by molar-refractivity contribution is -0.00854. The molecular formula is C29H35N7O2. The predicted octanol–water partition coefficient (Wildman–Crippen LogP) is 3.20. The van der Waals surface area contributed by atoms with Crippen LogP contribution in [-0.4, -0.2) is 74.1 Å². The van der Waals surface area contributed by atoms with E-state index in [0.29, 0.717) is 31.1 Å². The lowest BCUT2D eigenvalue weighted by Crippen LogP contribution is -2.44. The van der Waals surface area contributed by atoms with Crippen LogP contribution < -0.4 is 10.6 Å². The number of hydrogen-bond donors (Lipinski definition) is 4. The molecule has 1 aliphatic rings. The van der Waals surface area contributed by atoms with Crippen molar-refractivity contribution < 1.29 is 10.2 Å². The fourth-order valence-corrected chi connectivity index (χ4v) is 4.87. The van der Waals surface area contributed by atoms with Crippen molar-refractivity contribution in [1.82, 2.24) is 25.1 Å². The highest BCUT2D eigenvalue weighted by atomic mass is 16.3. The van der Waals surface area contributed by atoms with Crippen LogP contribution in [0.5, 0.6) is 0 Å². The van der Waals surface area contributed by atoms with Gasteiger partial charge in [0.25, 0.3) is 0 Å². The van der Waals surface area contributed by atoms with E-state index in [2.05, 4.69) is 60.0 Å². The molecule has 0 spiro atoms. The van der Waals surface area contributed by atoms with Crippen molar-refractivity contribution in [2.75, 3.05) is 43.4 Å². The molecule has 1 unspecified atom stereocenters. The first-order valence-corrected chi connectivity index (χ1v) is 13.2. The number of likely N-dealkylation sites (tertiary alicyclic amines) is 1. The fraction of sp³-hybridized carbons (Fsp3) is 0.379. The summed E-state index contributed by atoms with van der Waals surface area (Å²) in [6.07, 6.45) is 5.24. The quantitative estimate of drug-likeness (QED) is 0.237. The Kier molecular flexibility index (Phi) is 8.07. The molecule has 0 bridgehead atoms. The van der Waals surface area contributed by atoms with Crippen molar-refractivity contribution in [2.24, 2.45) is 0 Å². The number of aliphatic hydroxyl groups is 2. The van der Waals surface area contributed by atoms with Gasteiger partial charge in [0.1, 0.15) is 11.4 Å². The van der Waals surface area contributed by atoms with E-state index >= 15 is 0 Å². The molecule has 198 valence electrons. The van der Waals surface area contributed by atoms with Crippen LogP contribution in [0.3, 0.4) is 0 Å². The van der Waals surface area contributed by atoms with E-state index in [9.17, 15) is 10.2 Å². The molecule has 0 saturated carbocycles. The Labute approximate surface area is 223 Å². The Morgan fingerprint density at radius 3 is 2.34 bits per heavy atom. The first kappa shape index (κ1) is 26.0. The van der Waals surface area contributed by atoms with Gasteiger partial charge < -0.3 is 20.8 Å². The lowest BCUT2D eigenvalue weighted by atomic mass is 9.99. The molecular weight excluding hydrogens is 478 g/mol. The second-order valence-corrected chi connectivity index (χ2v) is 10.1. The summed E-state index contributed by atoms with van der Waals surface area (Å²) in [6.45, 7) is 5.00. The molecule has 1 fully saturated rings. The van der Waals surface area contributed by atoms with Crippen LogP contribution in [0.25, 0.3) is 10.8 Å². The summed E-state index contributed by atoms with van der Waals surface area (Å²) >= 11 is 0. The molecule has 9 nitrogen and oxygen atoms in total. The van der Waals surface area contributed by atoms with E-state index in [0.717, 1.165) is 54.6 Å². The van der Waals surface area contributed by atoms with Gasteiger partial charge in [0.05, 0.1) is 29.9 Å². The second kappa shape index (κ2) is 11.8. The number of fused-ring (bicyclic) bond motifs is 1. The van der Waals surface area contributed by atoms with E-state index in [1.807, 2.05) is 30.3 Å². The Bertz CT molecular complexity index is 1320. The normalized spacial score (nSPS) is 16.3. The van der Waals surface area contributed by atoms with Gasteiger partial charge in [-0.3, -0.25) is 9.88 Å². The summed E-state index contributed by atoms with van der Waals surface area (Å²) in [6, 6.07) is 18.5. The van der Waals surface area contributed by atoms with Gasteiger partial charge in [0.2, 0.25) is 0 Å². The Morgan fingerprint density at radius 2 is 1.61 bits per heavy atom. The fourth-order valence-electron chi connectivity index (χ4n) is 4.87. The molecule has 4 N–H and O–H groups in total. The van der Waals surface area contributed by atoms with Crippen molar-refractivity contribution in [3.8, 4) is 0 Å². The minimum absolute atomic E-state index is 0.236. The number of piperidine rings is 1. The monoisotopic (exact) mass is 513 g/mol. The first-order chi connectivity index (χ1) is 18.5. The zero-order valence-electron chi connectivity index (χ0n) is 21.7. The highest BCUT2D eigenvalue weighted by molar-refractivity contribution is 5.93. The van der Waals surface area contributed by atoms with Gasteiger partial charge in [-0.05, 0) is 25.3 Å². The minimum Gasteiger partial charge on any atom is -0.393 e. The smallest absolute Gasteiger partial charge is 0.156 e. The van der Waals surface area contributed by atoms with Gasteiger partial charge in [-0.25, -0.2) is 4.98 Å². The number of nitrogens with zero attached hydrogens (tertiary/aromatic N) is 5. The van der Waals surface area contributed by atoms with Crippen LogP contribution in [0.2, 0.25) is 0 Å². The van der Waals surface area contributed by atoms with Gasteiger partial charge >= 0.3 is 0 Å². The van der Waals surface area contributed by atoms with Crippen LogP contribution in [0.15, 0.2) is 67.0 Å². The van der Waals surface area contributed by atoms with Gasteiger partial charge in [0, 0.05) is 49.9 Å². The maximum absolute atomic E-state index is 11.0. The Balaban J connectivity index is 1.15. The first-order valence-electron chi connectivity index (χ1n) is 13.2. The molecule has 0 amide bonds. The number of aliphatic hydroxyl groups excluding tert-OH is 1. The number of β-amino-alcohol motifs (C(OH)–C–C–N with tert-alkyl or cyclic N) is 1. The SMILES string of the molecule is CC(O)(CN1CCC(O)CC1)c1cnc(NCCNc2nnc(Cc3ccccc3)c3ccccc23)cn1. The minimum atomic E-state index is -1.11. The molecule has 1 atom stereocenters. The van der Waals surface area contributed by atoms with Crippen molar-refractivity contribution in [1.29, 1.82) is 0 Å². The van der Waals surface area contributed by atoms with Crippen LogP contribution in [0.1, 0.15) is 36.7 Å². The Morgan fingerprint density at radius 1 is 0.895 bits per heavy atom. The molecule has 9 heteroatoms. The average Bonchev–Trinajstić information content (AvgIpc) is 2.94. The van der Waals surface area contributed by atoms with Crippen molar-refractivity contribution in [3.63, 3.8) is 0 Å². The van der Waals surface area contributed by atoms with E-state index in [4.69, 9.17) is 0 Å². The van der Waals surface area contributed by atoms with Gasteiger partial charge in [0.15, 0.2) is 5.82 Å². The van der Waals surface area contributed by atoms with Crippen molar-refractivity contribution in [3.05, 3.63) is 83.9 Å². The van der Waals surface area contributed by atoms with Crippen LogP contribution in [0.4, 0.5) is 11.6 Å². The van der Waals surface area contributed by atoms with E-state index < -0.39 is 5.60 Å². The highest BCUT2D eigenvalue weighted by Crippen LogP contribution is 2.25. The van der Waals surface area contributed by atoms with E-state index in [-0.39, 0.29) is 6.10 Å². The number of anilines is 2. The summed E-state index contributed by atoms with van der Waals surface area (Å²) in [5, 5.41) is 38.5. The van der Waals surface area contributed by atoms with Crippen molar-refractivity contribution >= 4 is 22.4 Å². The Hall–Kier alpha value is -3.66. The molecule has 1 aliphatic heterocycles. The molecule has 0 aliphatic carbocycles. The summed E-state index contributed by atoms with van der Waals surface area (Å²) in [5.74, 6) is 1.39. The number of aromatic nitrogens is 4. The summed E-state index contributed by atoms with van der Waals surface area (Å²) < 4.78 is 0. The summed E-state index contributed by atoms with van der Waals surface area (Å²) in [7, 11) is 0. The topological polar surface area (TPSA) is 119 Å². The van der Waals surface area contributed by atoms with Crippen LogP contribution >= 0.6 is 0 Å². The van der Waals surface area contributed by atoms with Crippen LogP contribution in [0, 0.1) is 0 Å². The number of benzene rings is 2. The van der Waals surface area contributed by atoms with Crippen LogP contribution in [-0.2, 0) is 12.0 Å². The van der Waals surface area contributed by atoms with E-state index in [1.165, 1.54) is 5.56 Å². The summed E-state index contributed by atoms with van der Waals surface area (Å²) in [5.41, 5.74) is 1.59. The number of hydrogen-bond acceptors (Lipinski definition) is 9. The van der Waals surface area contributed by atoms with Gasteiger partial charge in [-0.2, -0.15) is 5.10 Å². The molecule has 2 aromatic carbocycles. The average molecular weight is 514 g/mol. The molecule has 4 aromatic rings. The largest absolute Gasteiger partial charge is 0.393 e. The second-order valence-electron chi connectivity index (χ2n) is 10.1. The van der Waals surface area contributed by atoms with Crippen molar-refractivity contribution in [2.45, 2.75) is 37.9 Å². The molecule has 38 heavy (non-hydrogen) atoms. The molecule has 0 radical (unpaired) electrons. The zero-order chi connectivity index (χ0) is 26.4. The highest BCUT2D eigenvalue weighted by Gasteiger charge is 2.30. The third-order valence-corrected chi connectivity index (χ3v) is 6.99. The maximum atomic E-state index is 11.0. The zero-order valence-corrected chi connectivity index (χ0v) is 21.7. The van der Waals surface area contributed by atoms with Gasteiger partial charge in [-0.15, -0.1) is 5.10 Å². The third kappa shape index (κ3) is 6.42. The third-order valence-electron chi connectivity index (χ3n) is 6.99. The molecule has 3 heterocycles. The molecule has 5 rings (SSSR count). The van der Waals surface area contributed by atoms with Gasteiger partial charge in [-0.1, -0.05) is 54.6 Å².